The molecule has 1 aliphatic rings. The average molecular weight is 355 g/mol. The van der Waals surface area contributed by atoms with E-state index in [4.69, 9.17) is 9.84 Å². The summed E-state index contributed by atoms with van der Waals surface area (Å²) in [5.41, 5.74) is -1.29. The van der Waals surface area contributed by atoms with Gasteiger partial charge in [-0.15, -0.1) is 0 Å². The molecule has 2 rings (SSSR count). The van der Waals surface area contributed by atoms with Crippen LogP contribution in [-0.2, 0) is 20.9 Å². The van der Waals surface area contributed by atoms with Crippen LogP contribution in [0.3, 0.4) is 0 Å². The Morgan fingerprint density at radius 2 is 1.68 bits per heavy atom. The lowest BCUT2D eigenvalue weighted by Crippen LogP contribution is -2.40. The molecule has 1 aromatic rings. The van der Waals surface area contributed by atoms with Crippen molar-refractivity contribution in [2.24, 2.45) is 5.92 Å². The van der Waals surface area contributed by atoms with E-state index in [-0.39, 0.29) is 18.0 Å². The van der Waals surface area contributed by atoms with Crippen molar-refractivity contribution in [3.63, 3.8) is 0 Å². The van der Waals surface area contributed by atoms with E-state index in [9.17, 15) is 22.8 Å². The Bertz CT molecular complexity index is 751. The van der Waals surface area contributed by atoms with Gasteiger partial charge in [-0.2, -0.15) is 13.2 Å². The van der Waals surface area contributed by atoms with Crippen LogP contribution < -0.4 is 5.32 Å². The molecular formula is C17H16F3NO4. The Morgan fingerprint density at radius 3 is 2.20 bits per heavy atom. The van der Waals surface area contributed by atoms with Gasteiger partial charge in [0.1, 0.15) is 12.5 Å². The Balaban J connectivity index is 2.34. The second-order valence-electron chi connectivity index (χ2n) is 5.54. The van der Waals surface area contributed by atoms with E-state index < -0.39 is 35.2 Å². The fraction of sp³-hybridized carbons (Fsp3) is 0.294. The Labute approximate surface area is 141 Å². The summed E-state index contributed by atoms with van der Waals surface area (Å²) in [5.74, 6) is -5.50. The van der Waals surface area contributed by atoms with Crippen LogP contribution in [0.4, 0.5) is 13.2 Å². The number of alkyl halides is 3. The van der Waals surface area contributed by atoms with Crippen LogP contribution in [-0.4, -0.2) is 23.2 Å². The molecule has 0 aliphatic carbocycles. The first kappa shape index (κ1) is 18.6. The summed E-state index contributed by atoms with van der Waals surface area (Å²) in [6, 6.07) is 8.45. The highest BCUT2D eigenvalue weighted by Gasteiger charge is 2.52. The minimum Gasteiger partial charge on any atom is -0.478 e. The third-order valence-corrected chi connectivity index (χ3v) is 3.75. The number of halogens is 3. The van der Waals surface area contributed by atoms with Gasteiger partial charge in [-0.25, -0.2) is 9.59 Å². The number of aliphatic carboxylic acids is 1. The largest absolute Gasteiger partial charge is 0.478 e. The summed E-state index contributed by atoms with van der Waals surface area (Å²) >= 11 is 0. The van der Waals surface area contributed by atoms with Crippen molar-refractivity contribution in [1.82, 2.24) is 5.32 Å². The minimum absolute atomic E-state index is 0.0807. The molecule has 1 atom stereocenters. The van der Waals surface area contributed by atoms with Crippen LogP contribution in [0.2, 0.25) is 0 Å². The highest BCUT2D eigenvalue weighted by molar-refractivity contribution is 5.97. The number of dihydropyridines is 1. The lowest BCUT2D eigenvalue weighted by Gasteiger charge is -2.30. The van der Waals surface area contributed by atoms with Gasteiger partial charge in [-0.3, -0.25) is 0 Å². The molecule has 1 aromatic carbocycles. The maximum atomic E-state index is 13.5. The van der Waals surface area contributed by atoms with Crippen molar-refractivity contribution < 1.29 is 32.6 Å². The topological polar surface area (TPSA) is 75.6 Å². The number of carboxylic acids is 1. The molecule has 0 saturated heterocycles. The van der Waals surface area contributed by atoms with Crippen molar-refractivity contribution in [1.29, 1.82) is 0 Å². The van der Waals surface area contributed by atoms with Gasteiger partial charge < -0.3 is 15.2 Å². The summed E-state index contributed by atoms with van der Waals surface area (Å²) in [5, 5.41) is 11.7. The molecule has 25 heavy (non-hydrogen) atoms. The summed E-state index contributed by atoms with van der Waals surface area (Å²) in [4.78, 5) is 23.6. The number of carbonyl (C=O) groups is 2. The molecule has 8 heteroatoms. The molecule has 2 N–H and O–H groups in total. The standard InChI is InChI=1S/C17H16F3NO4/c1-9-12(15(22)23)14(17(18,19)20)13(10(2)21-9)16(24)25-8-11-6-4-3-5-7-11/h3-7,14,21H,8H2,1-2H3,(H,22,23). The first-order chi connectivity index (χ1) is 11.6. The van der Waals surface area contributed by atoms with Gasteiger partial charge in [0.25, 0.3) is 0 Å². The highest BCUT2D eigenvalue weighted by atomic mass is 19.4. The van der Waals surface area contributed by atoms with Gasteiger partial charge in [0.2, 0.25) is 0 Å². The number of ether oxygens (including phenoxy) is 1. The van der Waals surface area contributed by atoms with E-state index in [1.807, 2.05) is 0 Å². The quantitative estimate of drug-likeness (QED) is 0.812. The normalized spacial score (nSPS) is 18.0. The molecule has 0 fully saturated rings. The molecule has 1 aliphatic heterocycles. The molecule has 0 aromatic heterocycles. The molecule has 0 radical (unpaired) electrons. The number of benzene rings is 1. The molecule has 0 spiro atoms. The van der Waals surface area contributed by atoms with Crippen molar-refractivity contribution >= 4 is 11.9 Å². The van der Waals surface area contributed by atoms with E-state index in [1.54, 1.807) is 30.3 Å². The molecule has 0 amide bonds. The smallest absolute Gasteiger partial charge is 0.400 e. The number of nitrogens with one attached hydrogen (secondary N) is 1. The molecule has 134 valence electrons. The summed E-state index contributed by atoms with van der Waals surface area (Å²) in [6.07, 6.45) is -4.94. The SMILES string of the molecule is CC1=C(C(=O)O)C(C(F)(F)F)C(C(=O)OCc2ccccc2)=C(C)N1. The molecule has 0 bridgehead atoms. The lowest BCUT2D eigenvalue weighted by atomic mass is 9.85. The van der Waals surface area contributed by atoms with Gasteiger partial charge in [0.05, 0.1) is 11.1 Å². The molecule has 5 nitrogen and oxygen atoms in total. The van der Waals surface area contributed by atoms with Gasteiger partial charge >= 0.3 is 18.1 Å². The Hall–Kier alpha value is -2.77. The maximum absolute atomic E-state index is 13.5. The van der Waals surface area contributed by atoms with E-state index in [2.05, 4.69) is 5.32 Å². The summed E-state index contributed by atoms with van der Waals surface area (Å²) in [7, 11) is 0. The van der Waals surface area contributed by atoms with Gasteiger partial charge in [0.15, 0.2) is 0 Å². The number of carboxylic acid groups (broad SMARTS) is 1. The first-order valence-electron chi connectivity index (χ1n) is 7.32. The second-order valence-corrected chi connectivity index (χ2v) is 5.54. The minimum atomic E-state index is -4.94. The molecular weight excluding hydrogens is 339 g/mol. The van der Waals surface area contributed by atoms with Crippen LogP contribution in [0.25, 0.3) is 0 Å². The van der Waals surface area contributed by atoms with E-state index in [1.165, 1.54) is 13.8 Å². The predicted molar refractivity (Wildman–Crippen MR) is 82.0 cm³/mol. The van der Waals surface area contributed by atoms with Crippen molar-refractivity contribution in [3.8, 4) is 0 Å². The third kappa shape index (κ3) is 4.01. The molecule has 1 unspecified atom stereocenters. The van der Waals surface area contributed by atoms with E-state index in [0.717, 1.165) is 0 Å². The van der Waals surface area contributed by atoms with E-state index >= 15 is 0 Å². The van der Waals surface area contributed by atoms with Crippen LogP contribution >= 0.6 is 0 Å². The van der Waals surface area contributed by atoms with Crippen LogP contribution in [0.5, 0.6) is 0 Å². The van der Waals surface area contributed by atoms with Crippen molar-refractivity contribution in [2.75, 3.05) is 0 Å². The van der Waals surface area contributed by atoms with Crippen LogP contribution in [0.1, 0.15) is 19.4 Å². The summed E-state index contributed by atoms with van der Waals surface area (Å²) in [6.45, 7) is 2.28. The third-order valence-electron chi connectivity index (χ3n) is 3.75. The van der Waals surface area contributed by atoms with Crippen molar-refractivity contribution in [3.05, 3.63) is 58.4 Å². The zero-order chi connectivity index (χ0) is 18.8. The average Bonchev–Trinajstić information content (AvgIpc) is 2.51. The van der Waals surface area contributed by atoms with Gasteiger partial charge in [0, 0.05) is 11.4 Å². The monoisotopic (exact) mass is 355 g/mol. The molecule has 1 heterocycles. The van der Waals surface area contributed by atoms with Crippen molar-refractivity contribution in [2.45, 2.75) is 26.6 Å². The van der Waals surface area contributed by atoms with Gasteiger partial charge in [-0.1, -0.05) is 30.3 Å². The second kappa shape index (κ2) is 7.00. The summed E-state index contributed by atoms with van der Waals surface area (Å²) < 4.78 is 45.5. The number of esters is 1. The zero-order valence-electron chi connectivity index (χ0n) is 13.5. The van der Waals surface area contributed by atoms with E-state index in [0.29, 0.717) is 5.56 Å². The predicted octanol–water partition coefficient (Wildman–Crippen LogP) is 3.14. The lowest BCUT2D eigenvalue weighted by molar-refractivity contribution is -0.168. The number of rotatable bonds is 4. The maximum Gasteiger partial charge on any atom is 0.400 e. The number of carbonyl (C=O) groups excluding carboxylic acids is 1. The number of hydrogen-bond acceptors (Lipinski definition) is 4. The fourth-order valence-corrected chi connectivity index (χ4v) is 2.68. The number of hydrogen-bond donors (Lipinski definition) is 2. The Morgan fingerprint density at radius 1 is 1.12 bits per heavy atom. The molecule has 0 saturated carbocycles. The van der Waals surface area contributed by atoms with Crippen LogP contribution in [0, 0.1) is 5.92 Å². The first-order valence-corrected chi connectivity index (χ1v) is 7.32. The fourth-order valence-electron chi connectivity index (χ4n) is 2.68. The van der Waals surface area contributed by atoms with Gasteiger partial charge in [-0.05, 0) is 19.4 Å². The number of allylic oxidation sites excluding steroid dienone is 2. The van der Waals surface area contributed by atoms with Crippen LogP contribution in [0.15, 0.2) is 52.9 Å². The zero-order valence-corrected chi connectivity index (χ0v) is 13.5. The highest BCUT2D eigenvalue weighted by Crippen LogP contribution is 2.42. The Kier molecular flexibility index (Phi) is 5.20.